The predicted octanol–water partition coefficient (Wildman–Crippen LogP) is 3.47. The third-order valence-electron chi connectivity index (χ3n) is 3.09. The minimum absolute atomic E-state index is 0.331. The average molecular weight is 250 g/mol. The van der Waals surface area contributed by atoms with E-state index in [1.807, 2.05) is 45.0 Å². The van der Waals surface area contributed by atoms with Crippen LogP contribution in [0, 0.1) is 5.92 Å². The summed E-state index contributed by atoms with van der Waals surface area (Å²) < 4.78 is 5.37. The third kappa shape index (κ3) is 3.25. The van der Waals surface area contributed by atoms with Crippen LogP contribution in [0.2, 0.25) is 0 Å². The molecule has 1 N–H and O–H groups in total. The Labute approximate surface area is 109 Å². The molecular weight excluding hydrogens is 228 g/mol. The molecule has 1 aromatic rings. The summed E-state index contributed by atoms with van der Waals surface area (Å²) in [6.45, 7) is 8.39. The molecule has 3 nitrogen and oxygen atoms in total. The molecule has 0 amide bonds. The van der Waals surface area contributed by atoms with Crippen LogP contribution in [0.25, 0.3) is 0 Å². The molecule has 0 bridgehead atoms. The number of carboxylic acids is 1. The highest BCUT2D eigenvalue weighted by atomic mass is 16.5. The van der Waals surface area contributed by atoms with Crippen LogP contribution in [0.4, 0.5) is 0 Å². The lowest BCUT2D eigenvalue weighted by molar-refractivity contribution is -0.143. The maximum atomic E-state index is 11.5. The molecule has 0 heterocycles. The van der Waals surface area contributed by atoms with Crippen LogP contribution >= 0.6 is 0 Å². The quantitative estimate of drug-likeness (QED) is 0.840. The van der Waals surface area contributed by atoms with Crippen molar-refractivity contribution in [2.24, 2.45) is 5.92 Å². The number of hydrogen-bond donors (Lipinski definition) is 1. The summed E-state index contributed by atoms with van der Waals surface area (Å²) in [5.74, 6) is 0.330. The van der Waals surface area contributed by atoms with E-state index >= 15 is 0 Å². The van der Waals surface area contributed by atoms with Crippen molar-refractivity contribution in [2.75, 3.05) is 6.61 Å². The first-order chi connectivity index (χ1) is 8.40. The first-order valence-corrected chi connectivity index (χ1v) is 6.37. The Balaban J connectivity index is 3.03. The van der Waals surface area contributed by atoms with Crippen molar-refractivity contribution in [2.45, 2.75) is 39.5 Å². The average Bonchev–Trinajstić information content (AvgIpc) is 2.29. The molecule has 18 heavy (non-hydrogen) atoms. The zero-order chi connectivity index (χ0) is 13.8. The minimum Gasteiger partial charge on any atom is -0.494 e. The van der Waals surface area contributed by atoms with Crippen LogP contribution in [-0.4, -0.2) is 17.7 Å². The van der Waals surface area contributed by atoms with Crippen LogP contribution in [0.5, 0.6) is 5.75 Å². The van der Waals surface area contributed by atoms with Crippen molar-refractivity contribution in [1.82, 2.24) is 0 Å². The molecule has 0 fully saturated rings. The number of rotatable bonds is 6. The van der Waals surface area contributed by atoms with E-state index in [1.54, 1.807) is 6.92 Å². The van der Waals surface area contributed by atoms with E-state index in [2.05, 4.69) is 0 Å². The van der Waals surface area contributed by atoms with E-state index in [1.165, 1.54) is 0 Å². The van der Waals surface area contributed by atoms with Crippen molar-refractivity contribution in [1.29, 1.82) is 0 Å². The largest absolute Gasteiger partial charge is 0.494 e. The van der Waals surface area contributed by atoms with Crippen LogP contribution < -0.4 is 4.74 Å². The molecular formula is C15H22O3. The Morgan fingerprint density at radius 1 is 1.33 bits per heavy atom. The molecule has 0 aromatic heterocycles. The van der Waals surface area contributed by atoms with Gasteiger partial charge in [-0.25, -0.2) is 0 Å². The van der Waals surface area contributed by atoms with Gasteiger partial charge in [0.1, 0.15) is 5.75 Å². The van der Waals surface area contributed by atoms with Gasteiger partial charge >= 0.3 is 5.97 Å². The summed E-state index contributed by atoms with van der Waals surface area (Å²) in [7, 11) is 0. The molecule has 1 aromatic carbocycles. The molecule has 0 aliphatic heterocycles. The highest BCUT2D eigenvalue weighted by Crippen LogP contribution is 2.32. The highest BCUT2D eigenvalue weighted by molar-refractivity contribution is 5.80. The Bertz CT molecular complexity index is 395. The first kappa shape index (κ1) is 14.6. The Hall–Kier alpha value is -1.51. The van der Waals surface area contributed by atoms with Gasteiger partial charge in [0.15, 0.2) is 0 Å². The fraction of sp³-hybridized carbons (Fsp3) is 0.533. The maximum Gasteiger partial charge on any atom is 0.313 e. The van der Waals surface area contributed by atoms with E-state index in [-0.39, 0.29) is 0 Å². The maximum absolute atomic E-state index is 11.5. The van der Waals surface area contributed by atoms with Crippen molar-refractivity contribution < 1.29 is 14.6 Å². The lowest BCUT2D eigenvalue weighted by Gasteiger charge is -2.27. The van der Waals surface area contributed by atoms with Gasteiger partial charge < -0.3 is 9.84 Å². The van der Waals surface area contributed by atoms with Gasteiger partial charge in [-0.2, -0.15) is 0 Å². The SMILES string of the molecule is CCOc1ccc(C(C)(CC(C)C)C(=O)O)cc1. The van der Waals surface area contributed by atoms with Crippen LogP contribution in [0.1, 0.15) is 39.7 Å². The number of ether oxygens (including phenoxy) is 1. The van der Waals surface area contributed by atoms with Crippen molar-refractivity contribution in [3.8, 4) is 5.75 Å². The second-order valence-corrected chi connectivity index (χ2v) is 5.19. The Kier molecular flexibility index (Phi) is 4.76. The minimum atomic E-state index is -0.834. The normalized spacial score (nSPS) is 14.3. The third-order valence-corrected chi connectivity index (χ3v) is 3.09. The van der Waals surface area contributed by atoms with Crippen LogP contribution in [-0.2, 0) is 10.2 Å². The van der Waals surface area contributed by atoms with E-state index in [9.17, 15) is 9.90 Å². The number of carbonyl (C=O) groups is 1. The number of aliphatic carboxylic acids is 1. The van der Waals surface area contributed by atoms with Gasteiger partial charge in [-0.3, -0.25) is 4.79 Å². The van der Waals surface area contributed by atoms with Gasteiger partial charge in [0.05, 0.1) is 12.0 Å². The predicted molar refractivity (Wildman–Crippen MR) is 72.1 cm³/mol. The molecule has 1 unspecified atom stereocenters. The zero-order valence-electron chi connectivity index (χ0n) is 11.6. The monoisotopic (exact) mass is 250 g/mol. The smallest absolute Gasteiger partial charge is 0.313 e. The van der Waals surface area contributed by atoms with Gasteiger partial charge in [-0.05, 0) is 43.9 Å². The number of benzene rings is 1. The molecule has 0 radical (unpaired) electrons. The second kappa shape index (κ2) is 5.89. The number of carboxylic acid groups (broad SMARTS) is 1. The van der Waals surface area contributed by atoms with Gasteiger partial charge in [-0.1, -0.05) is 26.0 Å². The molecule has 0 saturated heterocycles. The molecule has 0 aliphatic carbocycles. The van der Waals surface area contributed by atoms with Gasteiger partial charge in [-0.15, -0.1) is 0 Å². The van der Waals surface area contributed by atoms with Crippen molar-refractivity contribution >= 4 is 5.97 Å². The van der Waals surface area contributed by atoms with Crippen LogP contribution in [0.15, 0.2) is 24.3 Å². The van der Waals surface area contributed by atoms with E-state index in [4.69, 9.17) is 4.74 Å². The topological polar surface area (TPSA) is 46.5 Å². The highest BCUT2D eigenvalue weighted by Gasteiger charge is 2.35. The molecule has 0 aliphatic rings. The second-order valence-electron chi connectivity index (χ2n) is 5.19. The molecule has 1 atom stereocenters. The van der Waals surface area contributed by atoms with Crippen LogP contribution in [0.3, 0.4) is 0 Å². The summed E-state index contributed by atoms with van der Waals surface area (Å²) in [6, 6.07) is 7.36. The first-order valence-electron chi connectivity index (χ1n) is 6.37. The fourth-order valence-electron chi connectivity index (χ4n) is 2.23. The van der Waals surface area contributed by atoms with Gasteiger partial charge in [0, 0.05) is 0 Å². The Morgan fingerprint density at radius 2 is 1.89 bits per heavy atom. The summed E-state index contributed by atoms with van der Waals surface area (Å²) in [5.41, 5.74) is -0.00835. The van der Waals surface area contributed by atoms with E-state index in [0.717, 1.165) is 11.3 Å². The molecule has 3 heteroatoms. The summed E-state index contributed by atoms with van der Waals surface area (Å²) in [6.07, 6.45) is 0.621. The fourth-order valence-corrected chi connectivity index (χ4v) is 2.23. The number of hydrogen-bond acceptors (Lipinski definition) is 2. The summed E-state index contributed by atoms with van der Waals surface area (Å²) in [4.78, 5) is 11.5. The lowest BCUT2D eigenvalue weighted by Crippen LogP contribution is -2.33. The van der Waals surface area contributed by atoms with E-state index in [0.29, 0.717) is 18.9 Å². The van der Waals surface area contributed by atoms with Crippen molar-refractivity contribution in [3.63, 3.8) is 0 Å². The summed E-state index contributed by atoms with van der Waals surface area (Å²) >= 11 is 0. The zero-order valence-corrected chi connectivity index (χ0v) is 11.6. The summed E-state index contributed by atoms with van der Waals surface area (Å²) in [5, 5.41) is 9.48. The molecule has 0 saturated carbocycles. The lowest BCUT2D eigenvalue weighted by atomic mass is 9.76. The van der Waals surface area contributed by atoms with Crippen molar-refractivity contribution in [3.05, 3.63) is 29.8 Å². The van der Waals surface area contributed by atoms with E-state index < -0.39 is 11.4 Å². The molecule has 0 spiro atoms. The molecule has 1 rings (SSSR count). The van der Waals surface area contributed by atoms with Gasteiger partial charge in [0.25, 0.3) is 0 Å². The standard InChI is InChI=1S/C15H22O3/c1-5-18-13-8-6-12(7-9-13)15(4,14(16)17)10-11(2)3/h6-9,11H,5,10H2,1-4H3,(H,16,17). The molecule has 100 valence electrons. The Morgan fingerprint density at radius 3 is 2.28 bits per heavy atom. The van der Waals surface area contributed by atoms with Gasteiger partial charge in [0.2, 0.25) is 0 Å².